The van der Waals surface area contributed by atoms with Crippen LogP contribution in [0.4, 0.5) is 0 Å². The van der Waals surface area contributed by atoms with E-state index in [1.807, 2.05) is 77.9 Å². The quantitative estimate of drug-likeness (QED) is 0.0336. The van der Waals surface area contributed by atoms with Crippen LogP contribution in [0.25, 0.3) is 0 Å². The maximum Gasteiger partial charge on any atom is 0.266 e. The minimum atomic E-state index is -4.19. The van der Waals surface area contributed by atoms with Crippen molar-refractivity contribution >= 4 is 51.5 Å². The van der Waals surface area contributed by atoms with Crippen LogP contribution in [0.2, 0.25) is 0 Å². The van der Waals surface area contributed by atoms with Crippen molar-refractivity contribution in [1.82, 2.24) is 50.9 Å². The molecular weight excluding hydrogens is 1020 g/mol. The summed E-state index contributed by atoms with van der Waals surface area (Å²) in [7, 11) is -1.22. The second-order valence-corrected chi connectivity index (χ2v) is 23.1. The first-order valence-corrected chi connectivity index (χ1v) is 29.1. The average Bonchev–Trinajstić information content (AvgIpc) is 4.14. The van der Waals surface area contributed by atoms with E-state index in [1.54, 1.807) is 29.4 Å². The monoisotopic (exact) mass is 1110 g/mol. The maximum absolute atomic E-state index is 14.9. The van der Waals surface area contributed by atoms with Gasteiger partial charge in [0, 0.05) is 76.9 Å². The number of likely N-dealkylation sites (N-methyl/N-ethyl adjacent to an activating group) is 1. The van der Waals surface area contributed by atoms with Crippen molar-refractivity contribution in [2.45, 2.75) is 168 Å². The number of carbonyl (C=O) groups is 7. The standard InChI is InChI=1S/C56H86N10O11S/c1-9-39(6)51(55(73)59-35-41-22-17-18-26-58-41)63-52(70)43(38(4)5)33-48(67)44(30-37(2)3)61-54(72)47(32-42-34-57-36-60-42)65(8)56(74)45(31-40-20-13-12-14-21-40)62-53(71)46-23-19-27-66(46)50(69)25-16-11-10-15-24-49(68)64(7)28-29-78(75,76)77/h12-14,17-18,20-22,26,34,36-39,43-48,51,67H,9-11,15-16,19,23-25,27-33,35H2,1-8H3,(H,57,60)(H,59,73)(H,61,72)(H,62,71)(H,63,70)(H,75,76,77)/t39-,43-,44-,45-,46-,47-,48-,51-/m0/s1. The van der Waals surface area contributed by atoms with E-state index in [0.29, 0.717) is 69.3 Å². The largest absolute Gasteiger partial charge is 0.391 e. The summed E-state index contributed by atoms with van der Waals surface area (Å²) in [4.78, 5) is 113. The van der Waals surface area contributed by atoms with Gasteiger partial charge in [-0.1, -0.05) is 97.2 Å². The van der Waals surface area contributed by atoms with Gasteiger partial charge in [-0.05, 0) is 74.0 Å². The highest BCUT2D eigenvalue weighted by molar-refractivity contribution is 7.85. The number of aliphatic hydroxyl groups is 1. The van der Waals surface area contributed by atoms with Crippen LogP contribution in [-0.4, -0.2) is 158 Å². The number of benzene rings is 1. The third kappa shape index (κ3) is 21.2. The molecule has 0 radical (unpaired) electrons. The fraction of sp³-hybridized carbons (Fsp3) is 0.625. The lowest BCUT2D eigenvalue weighted by Gasteiger charge is -2.35. The molecule has 2 aromatic heterocycles. The molecule has 8 atom stereocenters. The van der Waals surface area contributed by atoms with Gasteiger partial charge in [-0.2, -0.15) is 8.42 Å². The molecule has 4 rings (SSSR count). The SMILES string of the molecule is CC[C@H](C)[C@H](NC(=O)[C@@H](C[C@H](O)[C@H](CC(C)C)NC(=O)[C@H](Cc1cnc[nH]1)N(C)C(=O)[C@H](Cc1ccccc1)NC(=O)[C@@H]1CCCN1C(=O)CCCCCCC(=O)N(C)CCS(=O)(=O)O)C(C)C)C(=O)NCc1ccccn1. The molecule has 7 N–H and O–H groups in total. The minimum absolute atomic E-state index is 0.00366. The van der Waals surface area contributed by atoms with Gasteiger partial charge >= 0.3 is 0 Å². The van der Waals surface area contributed by atoms with Crippen LogP contribution in [0.15, 0.2) is 67.3 Å². The predicted octanol–water partition coefficient (Wildman–Crippen LogP) is 3.98. The Kier molecular flexibility index (Phi) is 26.3. The highest BCUT2D eigenvalue weighted by Crippen LogP contribution is 2.25. The Morgan fingerprint density at radius 3 is 2.15 bits per heavy atom. The third-order valence-electron chi connectivity index (χ3n) is 14.6. The van der Waals surface area contributed by atoms with Crippen molar-refractivity contribution < 1.29 is 51.6 Å². The first-order valence-electron chi connectivity index (χ1n) is 27.5. The topological polar surface area (TPSA) is 293 Å². The van der Waals surface area contributed by atoms with Gasteiger partial charge in [-0.3, -0.25) is 43.1 Å². The summed E-state index contributed by atoms with van der Waals surface area (Å²) < 4.78 is 31.1. The summed E-state index contributed by atoms with van der Waals surface area (Å²) in [6.07, 6.45) is 8.07. The molecule has 7 amide bonds. The van der Waals surface area contributed by atoms with Crippen molar-refractivity contribution in [3.63, 3.8) is 0 Å². The van der Waals surface area contributed by atoms with Gasteiger partial charge in [0.25, 0.3) is 10.1 Å². The molecule has 0 aliphatic carbocycles. The zero-order chi connectivity index (χ0) is 57.5. The van der Waals surface area contributed by atoms with E-state index in [4.69, 9.17) is 4.55 Å². The van der Waals surface area contributed by atoms with Crippen LogP contribution in [0, 0.1) is 23.7 Å². The van der Waals surface area contributed by atoms with Gasteiger partial charge in [0.1, 0.15) is 24.2 Å². The summed E-state index contributed by atoms with van der Waals surface area (Å²) in [5.41, 5.74) is 1.96. The van der Waals surface area contributed by atoms with Gasteiger partial charge in [-0.15, -0.1) is 0 Å². The van der Waals surface area contributed by atoms with E-state index in [9.17, 15) is 47.1 Å². The molecule has 1 aromatic carbocycles. The van der Waals surface area contributed by atoms with E-state index >= 15 is 0 Å². The van der Waals surface area contributed by atoms with Crippen LogP contribution >= 0.6 is 0 Å². The number of aliphatic hydroxyl groups excluding tert-OH is 1. The van der Waals surface area contributed by atoms with Crippen molar-refractivity contribution in [2.24, 2.45) is 23.7 Å². The third-order valence-corrected chi connectivity index (χ3v) is 15.3. The van der Waals surface area contributed by atoms with Crippen LogP contribution < -0.4 is 21.3 Å². The van der Waals surface area contributed by atoms with Crippen LogP contribution in [-0.2, 0) is 63.1 Å². The van der Waals surface area contributed by atoms with Crippen molar-refractivity contribution in [3.8, 4) is 0 Å². The molecule has 21 nitrogen and oxygen atoms in total. The molecule has 1 saturated heterocycles. The minimum Gasteiger partial charge on any atom is -0.391 e. The number of unbranched alkanes of at least 4 members (excludes halogenated alkanes) is 3. The number of rotatable bonds is 33. The number of aromatic nitrogens is 3. The maximum atomic E-state index is 14.9. The second kappa shape index (κ2) is 32.0. The normalized spacial score (nSPS) is 16.3. The van der Waals surface area contributed by atoms with Crippen LogP contribution in [0.1, 0.15) is 129 Å². The summed E-state index contributed by atoms with van der Waals surface area (Å²) in [5.74, 6) is -4.65. The number of pyridine rings is 1. The molecule has 78 heavy (non-hydrogen) atoms. The lowest BCUT2D eigenvalue weighted by atomic mass is 9.85. The van der Waals surface area contributed by atoms with E-state index in [1.165, 1.54) is 30.2 Å². The molecule has 0 saturated carbocycles. The lowest BCUT2D eigenvalue weighted by Crippen LogP contribution is -2.59. The Morgan fingerprint density at radius 1 is 0.846 bits per heavy atom. The number of hydrogen-bond acceptors (Lipinski definition) is 12. The van der Waals surface area contributed by atoms with Gasteiger partial charge in [0.15, 0.2) is 0 Å². The summed E-state index contributed by atoms with van der Waals surface area (Å²) in [6, 6.07) is 9.65. The number of hydrogen-bond donors (Lipinski definition) is 7. The van der Waals surface area contributed by atoms with Gasteiger partial charge < -0.3 is 46.1 Å². The van der Waals surface area contributed by atoms with Gasteiger partial charge in [-0.25, -0.2) is 4.98 Å². The Labute approximate surface area is 461 Å². The summed E-state index contributed by atoms with van der Waals surface area (Å²) in [5, 5.41) is 23.9. The molecule has 1 aliphatic rings. The molecule has 432 valence electrons. The second-order valence-electron chi connectivity index (χ2n) is 21.6. The number of H-pyrrole nitrogens is 1. The number of imidazole rings is 1. The number of nitrogens with zero attached hydrogens (tertiary/aromatic N) is 5. The van der Waals surface area contributed by atoms with Crippen molar-refractivity contribution in [1.29, 1.82) is 0 Å². The van der Waals surface area contributed by atoms with Crippen LogP contribution in [0.3, 0.4) is 0 Å². The van der Waals surface area contributed by atoms with E-state index < -0.39 is 81.7 Å². The number of amides is 7. The molecule has 1 aliphatic heterocycles. The first kappa shape index (κ1) is 64.3. The molecule has 0 spiro atoms. The smallest absolute Gasteiger partial charge is 0.266 e. The van der Waals surface area contributed by atoms with Crippen LogP contribution in [0.5, 0.6) is 0 Å². The van der Waals surface area contributed by atoms with E-state index in [0.717, 1.165) is 5.56 Å². The first-order chi connectivity index (χ1) is 37.0. The Morgan fingerprint density at radius 2 is 1.54 bits per heavy atom. The molecule has 22 heteroatoms. The molecule has 0 unspecified atom stereocenters. The number of nitrogens with one attached hydrogen (secondary N) is 5. The highest BCUT2D eigenvalue weighted by atomic mass is 32.2. The molecular formula is C56H86N10O11S. The Balaban J connectivity index is 1.48. The zero-order valence-corrected chi connectivity index (χ0v) is 47.7. The van der Waals surface area contributed by atoms with Crippen molar-refractivity contribution in [2.75, 3.05) is 32.9 Å². The van der Waals surface area contributed by atoms with E-state index in [-0.39, 0.29) is 80.7 Å². The fourth-order valence-electron chi connectivity index (χ4n) is 9.64. The fourth-order valence-corrected chi connectivity index (χ4v) is 10.1. The predicted molar refractivity (Wildman–Crippen MR) is 295 cm³/mol. The average molecular weight is 1110 g/mol. The van der Waals surface area contributed by atoms with E-state index in [2.05, 4.69) is 36.2 Å². The summed E-state index contributed by atoms with van der Waals surface area (Å²) >= 11 is 0. The van der Waals surface area contributed by atoms with Crippen molar-refractivity contribution in [3.05, 3.63) is 84.2 Å². The molecule has 1 fully saturated rings. The van der Waals surface area contributed by atoms with Gasteiger partial charge in [0.05, 0.1) is 36.5 Å². The number of carbonyl (C=O) groups excluding carboxylic acids is 7. The summed E-state index contributed by atoms with van der Waals surface area (Å²) in [6.45, 7) is 11.9. The van der Waals surface area contributed by atoms with Gasteiger partial charge in [0.2, 0.25) is 41.4 Å². The molecule has 0 bridgehead atoms. The Hall–Kier alpha value is -6.26. The number of aromatic amines is 1. The lowest BCUT2D eigenvalue weighted by molar-refractivity contribution is -0.144. The number of likely N-dealkylation sites (tertiary alicyclic amines) is 1. The highest BCUT2D eigenvalue weighted by Gasteiger charge is 2.40. The zero-order valence-electron chi connectivity index (χ0n) is 46.9. The molecule has 3 heterocycles. The Bertz CT molecular complexity index is 2480. The molecule has 3 aromatic rings.